The van der Waals surface area contributed by atoms with Gasteiger partial charge in [-0.15, -0.1) is 0 Å². The minimum Gasteiger partial charge on any atom is -0.507 e. The molecule has 0 saturated heterocycles. The number of carbonyl (C=O) groups excluding carboxylic acids is 3. The molecule has 0 radical (unpaired) electrons. The van der Waals surface area contributed by atoms with Gasteiger partial charge in [0.15, 0.2) is 11.6 Å². The first kappa shape index (κ1) is 21.5. The molecule has 0 unspecified atom stereocenters. The minimum absolute atomic E-state index is 0.00324. The van der Waals surface area contributed by atoms with Crippen molar-refractivity contribution in [3.8, 4) is 11.5 Å². The number of hydrogen-bond acceptors (Lipinski definition) is 8. The molecule has 0 saturated carbocycles. The first-order valence-corrected chi connectivity index (χ1v) is 9.27. The van der Waals surface area contributed by atoms with E-state index in [-0.39, 0.29) is 39.5 Å². The number of aliphatic carboxylic acids is 1. The van der Waals surface area contributed by atoms with Crippen molar-refractivity contribution in [2.24, 2.45) is 0 Å². The summed E-state index contributed by atoms with van der Waals surface area (Å²) in [4.78, 5) is 46.9. The number of thioether (sulfide) groups is 1. The molecular weight excluding hydrogens is 390 g/mol. The molecule has 0 bridgehead atoms. The first-order valence-electron chi connectivity index (χ1n) is 8.12. The number of aromatic hydroxyl groups is 1. The van der Waals surface area contributed by atoms with Crippen molar-refractivity contribution in [2.75, 3.05) is 19.5 Å². The lowest BCUT2D eigenvalue weighted by atomic mass is 9.87. The summed E-state index contributed by atoms with van der Waals surface area (Å²) in [6, 6.07) is 0.207. The minimum atomic E-state index is -1.21. The Labute approximate surface area is 164 Å². The van der Waals surface area contributed by atoms with Crippen molar-refractivity contribution in [2.45, 2.75) is 18.7 Å². The van der Waals surface area contributed by atoms with E-state index in [1.807, 2.05) is 0 Å². The monoisotopic (exact) mass is 409 g/mol. The van der Waals surface area contributed by atoms with Crippen molar-refractivity contribution in [1.29, 1.82) is 0 Å². The second-order valence-electron chi connectivity index (χ2n) is 5.96. The lowest BCUT2D eigenvalue weighted by Crippen LogP contribution is -2.41. The third-order valence-electron chi connectivity index (χ3n) is 4.05. The van der Waals surface area contributed by atoms with Crippen molar-refractivity contribution in [3.05, 3.63) is 34.4 Å². The van der Waals surface area contributed by atoms with Crippen molar-refractivity contribution < 1.29 is 39.2 Å². The average molecular weight is 409 g/mol. The normalized spacial score (nSPS) is 14.2. The number of carboxylic acids is 1. The number of amides is 1. The van der Waals surface area contributed by atoms with E-state index >= 15 is 0 Å². The van der Waals surface area contributed by atoms with Crippen molar-refractivity contribution >= 4 is 35.2 Å². The van der Waals surface area contributed by atoms with Crippen LogP contribution < -0.4 is 10.1 Å². The molecule has 1 aliphatic rings. The van der Waals surface area contributed by atoms with Gasteiger partial charge in [0, 0.05) is 35.1 Å². The van der Waals surface area contributed by atoms with Crippen LogP contribution in [0.25, 0.3) is 0 Å². The van der Waals surface area contributed by atoms with Gasteiger partial charge < -0.3 is 25.4 Å². The lowest BCUT2D eigenvalue weighted by molar-refractivity contribution is -0.140. The molecule has 1 amide bonds. The number of benzene rings is 1. The highest BCUT2D eigenvalue weighted by Crippen LogP contribution is 2.39. The zero-order valence-corrected chi connectivity index (χ0v) is 16.0. The number of ketones is 2. The van der Waals surface area contributed by atoms with Crippen LogP contribution in [0.5, 0.6) is 11.5 Å². The van der Waals surface area contributed by atoms with E-state index < -0.39 is 41.8 Å². The van der Waals surface area contributed by atoms with Crippen molar-refractivity contribution in [1.82, 2.24) is 5.32 Å². The number of fused-ring (bicyclic) bond motifs is 1. The highest BCUT2D eigenvalue weighted by atomic mass is 32.2. The number of ether oxygens (including phenoxy) is 1. The van der Waals surface area contributed by atoms with Gasteiger partial charge in [-0.05, 0) is 12.1 Å². The summed E-state index contributed by atoms with van der Waals surface area (Å²) in [5.74, 6) is -3.12. The number of nitrogens with one attached hydrogen (secondary N) is 1. The maximum atomic E-state index is 12.4. The van der Waals surface area contributed by atoms with Crippen LogP contribution in [0, 0.1) is 0 Å². The highest BCUT2D eigenvalue weighted by Gasteiger charge is 2.31. The van der Waals surface area contributed by atoms with Crippen LogP contribution in [0.2, 0.25) is 0 Å². The summed E-state index contributed by atoms with van der Waals surface area (Å²) < 4.78 is 5.21. The van der Waals surface area contributed by atoms with Crippen LogP contribution in [-0.2, 0) is 15.3 Å². The second kappa shape index (κ2) is 8.89. The second-order valence-corrected chi connectivity index (χ2v) is 6.99. The van der Waals surface area contributed by atoms with E-state index in [0.717, 1.165) is 17.8 Å². The SMILES string of the molecule is COc1cc2c(c(O)c1CSC[C@@H](NC(C)=O)C(=O)O)C(=O)C(CO)=CC2=O. The molecule has 0 heterocycles. The van der Waals surface area contributed by atoms with Crippen LogP contribution in [0.4, 0.5) is 0 Å². The van der Waals surface area contributed by atoms with Gasteiger partial charge >= 0.3 is 5.97 Å². The smallest absolute Gasteiger partial charge is 0.327 e. The number of hydrogen-bond donors (Lipinski definition) is 4. The van der Waals surface area contributed by atoms with Gasteiger partial charge in [-0.3, -0.25) is 14.4 Å². The van der Waals surface area contributed by atoms with Gasteiger partial charge in [0.1, 0.15) is 17.5 Å². The van der Waals surface area contributed by atoms with Gasteiger partial charge in [-0.25, -0.2) is 4.79 Å². The summed E-state index contributed by atoms with van der Waals surface area (Å²) in [7, 11) is 1.33. The molecule has 2 rings (SSSR count). The topological polar surface area (TPSA) is 150 Å². The van der Waals surface area contributed by atoms with E-state index in [1.165, 1.54) is 20.1 Å². The summed E-state index contributed by atoms with van der Waals surface area (Å²) in [5, 5.41) is 31.3. The predicted octanol–water partition coefficient (Wildman–Crippen LogP) is 0.521. The largest absolute Gasteiger partial charge is 0.507 e. The van der Waals surface area contributed by atoms with Crippen LogP contribution in [-0.4, -0.2) is 64.3 Å². The van der Waals surface area contributed by atoms with E-state index in [1.54, 1.807) is 0 Å². The number of rotatable bonds is 8. The van der Waals surface area contributed by atoms with Crippen molar-refractivity contribution in [3.63, 3.8) is 0 Å². The Morgan fingerprint density at radius 1 is 1.32 bits per heavy atom. The fourth-order valence-corrected chi connectivity index (χ4v) is 3.77. The van der Waals surface area contributed by atoms with Crippen LogP contribution in [0.15, 0.2) is 17.7 Å². The Balaban J connectivity index is 2.32. The summed E-state index contributed by atoms with van der Waals surface area (Å²) in [6.45, 7) is 0.560. The van der Waals surface area contributed by atoms with E-state index in [9.17, 15) is 29.4 Å². The van der Waals surface area contributed by atoms with Crippen LogP contribution in [0.3, 0.4) is 0 Å². The number of Topliss-reactive ketones (excluding diaryl/α,β-unsaturated/α-hetero) is 1. The third-order valence-corrected chi connectivity index (χ3v) is 5.11. The fourth-order valence-electron chi connectivity index (χ4n) is 2.71. The molecule has 1 aliphatic carbocycles. The lowest BCUT2D eigenvalue weighted by Gasteiger charge is -2.20. The van der Waals surface area contributed by atoms with Crippen LogP contribution in [0.1, 0.15) is 33.2 Å². The number of phenolic OH excluding ortho intramolecular Hbond substituents is 1. The predicted molar refractivity (Wildman–Crippen MR) is 99.9 cm³/mol. The standard InChI is InChI=1S/C18H19NO8S/c1-8(21)19-12(18(25)26)7-28-6-11-14(27-2)4-10-13(22)3-9(5-20)16(23)15(10)17(11)24/h3-4,12,20,24H,5-7H2,1-2H3,(H,19,21)(H,25,26)/t12-/m1/s1. The Bertz CT molecular complexity index is 877. The zero-order chi connectivity index (χ0) is 21.0. The quantitative estimate of drug-likeness (QED) is 0.482. The van der Waals surface area contributed by atoms with Gasteiger partial charge in [0.25, 0.3) is 0 Å². The Hall–Kier alpha value is -2.85. The summed E-state index contributed by atoms with van der Waals surface area (Å²) in [5.41, 5.74) is -0.178. The number of carboxylic acid groups (broad SMARTS) is 1. The molecule has 0 fully saturated rings. The summed E-state index contributed by atoms with van der Waals surface area (Å²) in [6.07, 6.45) is 1.02. The number of methoxy groups -OCH3 is 1. The third kappa shape index (κ3) is 4.34. The fraction of sp³-hybridized carbons (Fsp3) is 0.333. The molecule has 28 heavy (non-hydrogen) atoms. The molecule has 1 aromatic rings. The molecular formula is C18H19NO8S. The van der Waals surface area contributed by atoms with E-state index in [0.29, 0.717) is 0 Å². The Morgan fingerprint density at radius 3 is 2.54 bits per heavy atom. The highest BCUT2D eigenvalue weighted by molar-refractivity contribution is 7.98. The number of aliphatic hydroxyl groups is 1. The molecule has 1 atom stereocenters. The molecule has 0 aromatic heterocycles. The number of carbonyl (C=O) groups is 4. The molecule has 0 spiro atoms. The molecule has 4 N–H and O–H groups in total. The van der Waals surface area contributed by atoms with E-state index in [2.05, 4.69) is 5.32 Å². The molecule has 1 aromatic carbocycles. The van der Waals surface area contributed by atoms with Crippen LogP contribution >= 0.6 is 11.8 Å². The number of allylic oxidation sites excluding steroid dienone is 1. The molecule has 10 heteroatoms. The van der Waals surface area contributed by atoms with Gasteiger partial charge in [0.05, 0.1) is 19.3 Å². The molecule has 150 valence electrons. The Kier molecular flexibility index (Phi) is 6.81. The summed E-state index contributed by atoms with van der Waals surface area (Å²) >= 11 is 1.09. The average Bonchev–Trinajstić information content (AvgIpc) is 2.64. The first-order chi connectivity index (χ1) is 13.2. The van der Waals surface area contributed by atoms with E-state index in [4.69, 9.17) is 9.84 Å². The number of phenols is 1. The number of aliphatic hydroxyl groups excluding tert-OH is 1. The van der Waals surface area contributed by atoms with Gasteiger partial charge in [-0.1, -0.05) is 0 Å². The maximum Gasteiger partial charge on any atom is 0.327 e. The molecule has 9 nitrogen and oxygen atoms in total. The van der Waals surface area contributed by atoms with Gasteiger partial charge in [-0.2, -0.15) is 11.8 Å². The maximum absolute atomic E-state index is 12.4. The molecule has 0 aliphatic heterocycles. The zero-order valence-electron chi connectivity index (χ0n) is 15.1. The van der Waals surface area contributed by atoms with Gasteiger partial charge in [0.2, 0.25) is 5.91 Å². The Morgan fingerprint density at radius 2 is 2.00 bits per heavy atom.